The van der Waals surface area contributed by atoms with Gasteiger partial charge >= 0.3 is 0 Å². The van der Waals surface area contributed by atoms with Crippen molar-refractivity contribution in [2.24, 2.45) is 11.5 Å². The standard InChI is InChI=1S/C21H22FN9/c22-16-9-28-20(21(24)5-3-13(23)4-6-21)30-19(16)17-10-27-18-2-1-14(11-31(17)18)29-15-7-25-12-26-8-15/h1-2,7-13,29H,3-6,23-24H2. The molecule has 4 heterocycles. The van der Waals surface area contributed by atoms with Crippen LogP contribution in [0.3, 0.4) is 0 Å². The van der Waals surface area contributed by atoms with Crippen molar-refractivity contribution in [2.45, 2.75) is 37.3 Å². The molecular formula is C21H22FN9. The lowest BCUT2D eigenvalue weighted by molar-refractivity contribution is 0.264. The molecule has 1 aliphatic rings. The minimum Gasteiger partial charge on any atom is -0.352 e. The Morgan fingerprint density at radius 1 is 1.03 bits per heavy atom. The van der Waals surface area contributed by atoms with Gasteiger partial charge < -0.3 is 16.8 Å². The van der Waals surface area contributed by atoms with Crippen LogP contribution < -0.4 is 16.8 Å². The number of nitrogens with two attached hydrogens (primary N) is 2. The topological polar surface area (TPSA) is 133 Å². The van der Waals surface area contributed by atoms with Gasteiger partial charge in [0.1, 0.15) is 23.5 Å². The maximum atomic E-state index is 14.8. The summed E-state index contributed by atoms with van der Waals surface area (Å²) in [4.78, 5) is 21.1. The maximum absolute atomic E-state index is 14.8. The highest BCUT2D eigenvalue weighted by Crippen LogP contribution is 2.34. The van der Waals surface area contributed by atoms with Crippen LogP contribution in [0.1, 0.15) is 31.5 Å². The van der Waals surface area contributed by atoms with Crippen molar-refractivity contribution < 1.29 is 4.39 Å². The van der Waals surface area contributed by atoms with Crippen LogP contribution in [-0.4, -0.2) is 35.4 Å². The van der Waals surface area contributed by atoms with Gasteiger partial charge in [-0.1, -0.05) is 0 Å². The summed E-state index contributed by atoms with van der Waals surface area (Å²) in [5.74, 6) is -0.0991. The quantitative estimate of drug-likeness (QED) is 0.460. The first-order valence-electron chi connectivity index (χ1n) is 10.1. The third kappa shape index (κ3) is 3.71. The molecule has 0 amide bonds. The molecule has 0 atom stereocenters. The highest BCUT2D eigenvalue weighted by atomic mass is 19.1. The van der Waals surface area contributed by atoms with Gasteiger partial charge in [0.2, 0.25) is 0 Å². The van der Waals surface area contributed by atoms with Crippen LogP contribution >= 0.6 is 0 Å². The number of hydrogen-bond donors (Lipinski definition) is 3. The Morgan fingerprint density at radius 2 is 1.81 bits per heavy atom. The molecule has 5 rings (SSSR count). The molecule has 0 spiro atoms. The normalized spacial score (nSPS) is 21.3. The second-order valence-corrected chi connectivity index (χ2v) is 7.93. The molecule has 0 saturated heterocycles. The summed E-state index contributed by atoms with van der Waals surface area (Å²) in [5.41, 5.74) is 14.7. The summed E-state index contributed by atoms with van der Waals surface area (Å²) in [6, 6.07) is 3.85. The molecule has 9 nitrogen and oxygen atoms in total. The van der Waals surface area contributed by atoms with Gasteiger partial charge in [0.25, 0.3) is 0 Å². The van der Waals surface area contributed by atoms with Crippen LogP contribution in [0.25, 0.3) is 17.0 Å². The average Bonchev–Trinajstić information content (AvgIpc) is 3.20. The van der Waals surface area contributed by atoms with Crippen LogP contribution in [0.2, 0.25) is 0 Å². The summed E-state index contributed by atoms with van der Waals surface area (Å²) in [6.07, 6.45) is 12.3. The molecule has 4 aromatic heterocycles. The zero-order valence-corrected chi connectivity index (χ0v) is 16.7. The minimum absolute atomic E-state index is 0.135. The van der Waals surface area contributed by atoms with E-state index < -0.39 is 11.4 Å². The van der Waals surface area contributed by atoms with Gasteiger partial charge in [-0.25, -0.2) is 29.3 Å². The van der Waals surface area contributed by atoms with Crippen LogP contribution in [0.5, 0.6) is 0 Å². The van der Waals surface area contributed by atoms with Crippen molar-refractivity contribution >= 4 is 17.0 Å². The first-order chi connectivity index (χ1) is 15.0. The summed E-state index contributed by atoms with van der Waals surface area (Å²) in [5, 5.41) is 3.22. The number of nitrogens with zero attached hydrogens (tertiary/aromatic N) is 6. The lowest BCUT2D eigenvalue weighted by Gasteiger charge is -2.34. The van der Waals surface area contributed by atoms with E-state index in [-0.39, 0.29) is 11.7 Å². The Hall–Kier alpha value is -3.50. The van der Waals surface area contributed by atoms with Gasteiger partial charge in [-0.15, -0.1) is 0 Å². The maximum Gasteiger partial charge on any atom is 0.169 e. The van der Waals surface area contributed by atoms with Crippen molar-refractivity contribution in [2.75, 3.05) is 5.32 Å². The summed E-state index contributed by atoms with van der Waals surface area (Å²) in [6.45, 7) is 0. The van der Waals surface area contributed by atoms with E-state index in [4.69, 9.17) is 11.5 Å². The molecule has 0 aromatic carbocycles. The molecule has 0 unspecified atom stereocenters. The Morgan fingerprint density at radius 3 is 2.58 bits per heavy atom. The zero-order valence-electron chi connectivity index (χ0n) is 16.7. The van der Waals surface area contributed by atoms with E-state index in [9.17, 15) is 4.39 Å². The van der Waals surface area contributed by atoms with E-state index >= 15 is 0 Å². The van der Waals surface area contributed by atoms with Gasteiger partial charge in [0, 0.05) is 12.2 Å². The fourth-order valence-electron chi connectivity index (χ4n) is 3.93. The molecule has 0 aliphatic heterocycles. The van der Waals surface area contributed by atoms with Crippen molar-refractivity contribution in [3.8, 4) is 11.4 Å². The SMILES string of the molecule is NC1CCC(N)(c2ncc(F)c(-c3cnc4ccc(Nc5cncnc5)cn34)n2)CC1. The molecule has 5 N–H and O–H groups in total. The Labute approximate surface area is 177 Å². The fraction of sp³-hybridized carbons (Fsp3) is 0.286. The lowest BCUT2D eigenvalue weighted by Crippen LogP contribution is -2.45. The van der Waals surface area contributed by atoms with Crippen LogP contribution in [0.15, 0.2) is 49.4 Å². The van der Waals surface area contributed by atoms with Crippen molar-refractivity contribution in [3.05, 3.63) is 61.1 Å². The molecule has 4 aromatic rings. The van der Waals surface area contributed by atoms with Crippen LogP contribution in [0, 0.1) is 5.82 Å². The number of pyridine rings is 1. The molecular weight excluding hydrogens is 397 g/mol. The third-order valence-electron chi connectivity index (χ3n) is 5.71. The summed E-state index contributed by atoms with van der Waals surface area (Å²) >= 11 is 0. The van der Waals surface area contributed by atoms with E-state index in [1.54, 1.807) is 23.0 Å². The molecule has 10 heteroatoms. The largest absolute Gasteiger partial charge is 0.352 e. The fourth-order valence-corrected chi connectivity index (χ4v) is 3.93. The number of imidazole rings is 1. The van der Waals surface area contributed by atoms with E-state index in [2.05, 4.69) is 30.2 Å². The molecule has 1 fully saturated rings. The number of hydrogen-bond acceptors (Lipinski definition) is 8. The van der Waals surface area contributed by atoms with Crippen LogP contribution in [0.4, 0.5) is 15.8 Å². The lowest BCUT2D eigenvalue weighted by atomic mass is 9.80. The summed E-state index contributed by atoms with van der Waals surface area (Å²) < 4.78 is 16.6. The molecule has 1 aliphatic carbocycles. The molecule has 1 saturated carbocycles. The molecule has 158 valence electrons. The second kappa shape index (κ2) is 7.64. The predicted molar refractivity (Wildman–Crippen MR) is 114 cm³/mol. The van der Waals surface area contributed by atoms with Gasteiger partial charge in [0.15, 0.2) is 5.82 Å². The van der Waals surface area contributed by atoms with E-state index in [0.717, 1.165) is 24.2 Å². The van der Waals surface area contributed by atoms with Gasteiger partial charge in [-0.2, -0.15) is 0 Å². The Balaban J connectivity index is 1.54. The van der Waals surface area contributed by atoms with Gasteiger partial charge in [-0.3, -0.25) is 4.40 Å². The van der Waals surface area contributed by atoms with Crippen LogP contribution in [-0.2, 0) is 5.54 Å². The van der Waals surface area contributed by atoms with Gasteiger partial charge in [-0.05, 0) is 37.8 Å². The highest BCUT2D eigenvalue weighted by Gasteiger charge is 2.35. The zero-order chi connectivity index (χ0) is 21.4. The van der Waals surface area contributed by atoms with E-state index in [1.807, 2.05) is 18.3 Å². The number of aromatic nitrogens is 6. The minimum atomic E-state index is -0.709. The molecule has 0 radical (unpaired) electrons. The number of fused-ring (bicyclic) bond motifs is 1. The first-order valence-corrected chi connectivity index (χ1v) is 10.1. The smallest absolute Gasteiger partial charge is 0.169 e. The van der Waals surface area contributed by atoms with Gasteiger partial charge in [0.05, 0.1) is 47.4 Å². The first kappa shape index (κ1) is 19.5. The monoisotopic (exact) mass is 419 g/mol. The Bertz CT molecular complexity index is 1220. The number of anilines is 2. The Kier molecular flexibility index (Phi) is 4.79. The number of rotatable bonds is 4. The summed E-state index contributed by atoms with van der Waals surface area (Å²) in [7, 11) is 0. The molecule has 31 heavy (non-hydrogen) atoms. The van der Waals surface area contributed by atoms with Crippen molar-refractivity contribution in [1.82, 2.24) is 29.3 Å². The number of halogens is 1. The van der Waals surface area contributed by atoms with E-state index in [0.29, 0.717) is 30.0 Å². The highest BCUT2D eigenvalue weighted by molar-refractivity contribution is 5.65. The van der Waals surface area contributed by atoms with E-state index in [1.165, 1.54) is 12.5 Å². The van der Waals surface area contributed by atoms with Crippen molar-refractivity contribution in [1.29, 1.82) is 0 Å². The number of nitrogens with one attached hydrogen (secondary N) is 1. The third-order valence-corrected chi connectivity index (χ3v) is 5.71. The van der Waals surface area contributed by atoms with Crippen molar-refractivity contribution in [3.63, 3.8) is 0 Å². The second-order valence-electron chi connectivity index (χ2n) is 7.93. The molecule has 0 bridgehead atoms. The average molecular weight is 419 g/mol. The predicted octanol–water partition coefficient (Wildman–Crippen LogP) is 2.52.